The Labute approximate surface area is 95.1 Å². The molecule has 0 unspecified atom stereocenters. The molecule has 0 bridgehead atoms. The van der Waals surface area contributed by atoms with Gasteiger partial charge in [-0.3, -0.25) is 4.98 Å². The summed E-state index contributed by atoms with van der Waals surface area (Å²) >= 11 is 0. The Balaban J connectivity index is 0.000000853. The van der Waals surface area contributed by atoms with Gasteiger partial charge in [0.05, 0.1) is 17.3 Å². The van der Waals surface area contributed by atoms with Gasteiger partial charge < -0.3 is 5.32 Å². The van der Waals surface area contributed by atoms with E-state index in [0.717, 1.165) is 12.1 Å². The van der Waals surface area contributed by atoms with E-state index in [9.17, 15) is 0 Å². The van der Waals surface area contributed by atoms with Gasteiger partial charge in [0.15, 0.2) is 0 Å². The predicted octanol–water partition coefficient (Wildman–Crippen LogP) is 2.69. The molecule has 0 radical (unpaired) electrons. The van der Waals surface area contributed by atoms with Crippen molar-refractivity contribution >= 4 is 23.3 Å². The summed E-state index contributed by atoms with van der Waals surface area (Å²) in [5.41, 5.74) is 2.27. The Kier molecular flexibility index (Phi) is 2.89. The summed E-state index contributed by atoms with van der Waals surface area (Å²) in [7, 11) is 0. The Morgan fingerprint density at radius 3 is 2.67 bits per heavy atom. The molecule has 1 aromatic carbocycles. The molecule has 1 atom stereocenters. The van der Waals surface area contributed by atoms with Crippen LogP contribution in [0.25, 0.3) is 10.9 Å². The van der Waals surface area contributed by atoms with E-state index < -0.39 is 0 Å². The van der Waals surface area contributed by atoms with E-state index in [0.29, 0.717) is 6.04 Å². The van der Waals surface area contributed by atoms with Crippen LogP contribution in [0.15, 0.2) is 36.4 Å². The first-order chi connectivity index (χ1) is 6.93. The minimum absolute atomic E-state index is 0. The van der Waals surface area contributed by atoms with Crippen molar-refractivity contribution in [1.82, 2.24) is 10.3 Å². The number of aromatic nitrogens is 1. The Morgan fingerprint density at radius 1 is 1.13 bits per heavy atom. The number of nitrogens with zero attached hydrogens (tertiary/aromatic N) is 1. The minimum Gasteiger partial charge on any atom is -0.309 e. The number of fused-ring (bicyclic) bond motifs is 1. The molecule has 1 aromatic heterocycles. The fourth-order valence-corrected chi connectivity index (χ4v) is 1.82. The van der Waals surface area contributed by atoms with Gasteiger partial charge in [-0.25, -0.2) is 0 Å². The van der Waals surface area contributed by atoms with Crippen molar-refractivity contribution in [2.45, 2.75) is 12.5 Å². The van der Waals surface area contributed by atoms with Crippen LogP contribution in [0.3, 0.4) is 0 Å². The molecular formula is C12H13ClN2. The first-order valence-electron chi connectivity index (χ1n) is 5.02. The van der Waals surface area contributed by atoms with Gasteiger partial charge in [0, 0.05) is 5.39 Å². The lowest BCUT2D eigenvalue weighted by Crippen LogP contribution is -2.35. The summed E-state index contributed by atoms with van der Waals surface area (Å²) in [5.74, 6) is 0. The van der Waals surface area contributed by atoms with Crippen molar-refractivity contribution in [3.8, 4) is 0 Å². The maximum absolute atomic E-state index is 4.63. The molecule has 3 rings (SSSR count). The summed E-state index contributed by atoms with van der Waals surface area (Å²) in [5, 5.41) is 4.58. The van der Waals surface area contributed by atoms with E-state index in [1.54, 1.807) is 0 Å². The van der Waals surface area contributed by atoms with Crippen LogP contribution in [0.4, 0.5) is 0 Å². The fourth-order valence-electron chi connectivity index (χ4n) is 1.82. The van der Waals surface area contributed by atoms with Crippen LogP contribution in [0, 0.1) is 0 Å². The molecule has 78 valence electrons. The molecule has 2 nitrogen and oxygen atoms in total. The molecule has 1 aliphatic rings. The zero-order valence-corrected chi connectivity index (χ0v) is 9.13. The number of para-hydroxylation sites is 1. The summed E-state index contributed by atoms with van der Waals surface area (Å²) in [6.07, 6.45) is 1.21. The largest absolute Gasteiger partial charge is 0.309 e. The first-order valence-corrected chi connectivity index (χ1v) is 5.02. The average Bonchev–Trinajstić information content (AvgIpc) is 2.15. The third kappa shape index (κ3) is 1.83. The maximum Gasteiger partial charge on any atom is 0.0706 e. The summed E-state index contributed by atoms with van der Waals surface area (Å²) in [6, 6.07) is 13.0. The molecule has 15 heavy (non-hydrogen) atoms. The predicted molar refractivity (Wildman–Crippen MR) is 64.4 cm³/mol. The molecule has 2 aromatic rings. The van der Waals surface area contributed by atoms with E-state index in [4.69, 9.17) is 0 Å². The topological polar surface area (TPSA) is 24.9 Å². The van der Waals surface area contributed by atoms with Crippen LogP contribution in [0.1, 0.15) is 18.2 Å². The summed E-state index contributed by atoms with van der Waals surface area (Å²) < 4.78 is 0. The molecule has 2 heterocycles. The molecule has 1 fully saturated rings. The molecule has 1 N–H and O–H groups in total. The highest BCUT2D eigenvalue weighted by molar-refractivity contribution is 5.85. The molecule has 3 heteroatoms. The summed E-state index contributed by atoms with van der Waals surface area (Å²) in [4.78, 5) is 4.63. The highest BCUT2D eigenvalue weighted by atomic mass is 35.5. The van der Waals surface area contributed by atoms with Crippen LogP contribution in [0.2, 0.25) is 0 Å². The Bertz CT molecular complexity index is 466. The quantitative estimate of drug-likeness (QED) is 0.800. The third-order valence-electron chi connectivity index (χ3n) is 2.80. The number of nitrogens with one attached hydrogen (secondary N) is 1. The number of pyridine rings is 1. The Morgan fingerprint density at radius 2 is 1.93 bits per heavy atom. The van der Waals surface area contributed by atoms with Crippen molar-refractivity contribution in [3.63, 3.8) is 0 Å². The van der Waals surface area contributed by atoms with Crippen LogP contribution in [-0.2, 0) is 0 Å². The zero-order valence-electron chi connectivity index (χ0n) is 8.31. The van der Waals surface area contributed by atoms with Crippen molar-refractivity contribution in [1.29, 1.82) is 0 Å². The number of hydrogen-bond acceptors (Lipinski definition) is 2. The van der Waals surface area contributed by atoms with E-state index in [1.807, 2.05) is 12.1 Å². The lowest BCUT2D eigenvalue weighted by atomic mass is 10.0. The van der Waals surface area contributed by atoms with Crippen LogP contribution in [-0.4, -0.2) is 11.5 Å². The number of halogens is 1. The van der Waals surface area contributed by atoms with Gasteiger partial charge >= 0.3 is 0 Å². The molecule has 0 spiro atoms. The molecule has 0 aliphatic carbocycles. The lowest BCUT2D eigenvalue weighted by molar-refractivity contribution is 0.376. The average molecular weight is 221 g/mol. The third-order valence-corrected chi connectivity index (χ3v) is 2.80. The number of hydrogen-bond donors (Lipinski definition) is 1. The maximum atomic E-state index is 4.63. The number of rotatable bonds is 1. The minimum atomic E-state index is 0. The Hall–Kier alpha value is -1.12. The normalized spacial score (nSPS) is 19.3. The summed E-state index contributed by atoms with van der Waals surface area (Å²) in [6.45, 7) is 1.12. The molecular weight excluding hydrogens is 208 g/mol. The van der Waals surface area contributed by atoms with Crippen molar-refractivity contribution in [3.05, 3.63) is 42.1 Å². The number of benzene rings is 1. The smallest absolute Gasteiger partial charge is 0.0706 e. The van der Waals surface area contributed by atoms with E-state index in [-0.39, 0.29) is 12.4 Å². The van der Waals surface area contributed by atoms with Gasteiger partial charge in [-0.15, -0.1) is 12.4 Å². The van der Waals surface area contributed by atoms with Crippen molar-refractivity contribution in [2.24, 2.45) is 0 Å². The highest BCUT2D eigenvalue weighted by Gasteiger charge is 2.19. The second-order valence-corrected chi connectivity index (χ2v) is 3.72. The monoisotopic (exact) mass is 220 g/mol. The zero-order chi connectivity index (χ0) is 9.38. The van der Waals surface area contributed by atoms with Crippen LogP contribution in [0.5, 0.6) is 0 Å². The SMILES string of the molecule is Cl.c1ccc2nc([C@H]3CCN3)ccc2c1. The standard InChI is InChI=1S/C12H12N2.ClH/c1-2-4-10-9(3-1)5-6-12(14-10)11-7-8-13-11;/h1-6,11,13H,7-8H2;1H/t11-;/m1./s1. The van der Waals surface area contributed by atoms with Gasteiger partial charge in [-0.2, -0.15) is 0 Å². The van der Waals surface area contributed by atoms with Gasteiger partial charge in [0.1, 0.15) is 0 Å². The second kappa shape index (κ2) is 4.17. The van der Waals surface area contributed by atoms with E-state index in [2.05, 4.69) is 34.6 Å². The fraction of sp³-hybridized carbons (Fsp3) is 0.250. The van der Waals surface area contributed by atoms with Gasteiger partial charge in [0.25, 0.3) is 0 Å². The second-order valence-electron chi connectivity index (χ2n) is 3.72. The van der Waals surface area contributed by atoms with Crippen LogP contribution >= 0.6 is 12.4 Å². The van der Waals surface area contributed by atoms with Gasteiger partial charge in [-0.05, 0) is 25.1 Å². The van der Waals surface area contributed by atoms with Gasteiger partial charge in [0.2, 0.25) is 0 Å². The highest BCUT2D eigenvalue weighted by Crippen LogP contribution is 2.22. The lowest BCUT2D eigenvalue weighted by Gasteiger charge is -2.27. The molecule has 1 saturated heterocycles. The van der Waals surface area contributed by atoms with Crippen molar-refractivity contribution < 1.29 is 0 Å². The molecule has 0 amide bonds. The van der Waals surface area contributed by atoms with E-state index in [1.165, 1.54) is 17.5 Å². The first kappa shape index (κ1) is 10.4. The van der Waals surface area contributed by atoms with Gasteiger partial charge in [-0.1, -0.05) is 24.3 Å². The van der Waals surface area contributed by atoms with E-state index >= 15 is 0 Å². The molecule has 1 aliphatic heterocycles. The van der Waals surface area contributed by atoms with Crippen molar-refractivity contribution in [2.75, 3.05) is 6.54 Å². The van der Waals surface area contributed by atoms with Crippen LogP contribution < -0.4 is 5.32 Å². The molecule has 0 saturated carbocycles.